The van der Waals surface area contributed by atoms with Crippen LogP contribution in [0.3, 0.4) is 0 Å². The van der Waals surface area contributed by atoms with Gasteiger partial charge in [-0.15, -0.1) is 0 Å². The Balaban J connectivity index is 2.43. The molecule has 0 aromatic carbocycles. The zero-order valence-electron chi connectivity index (χ0n) is 10.1. The molecule has 0 unspecified atom stereocenters. The van der Waals surface area contributed by atoms with Crippen LogP contribution in [0.1, 0.15) is 46.0 Å². The molecule has 84 valence electrons. The summed E-state index contributed by atoms with van der Waals surface area (Å²) in [6.07, 6.45) is 6.63. The van der Waals surface area contributed by atoms with E-state index in [0.29, 0.717) is 5.54 Å². The lowest BCUT2D eigenvalue weighted by molar-refractivity contribution is 0.125. The maximum absolute atomic E-state index is 5.93. The molecule has 0 saturated heterocycles. The van der Waals surface area contributed by atoms with Crippen molar-refractivity contribution < 1.29 is 0 Å². The van der Waals surface area contributed by atoms with Crippen LogP contribution in [0.15, 0.2) is 0 Å². The molecule has 2 heteroatoms. The highest BCUT2D eigenvalue weighted by Gasteiger charge is 2.35. The Hall–Kier alpha value is -0.0800. The molecular weight excluding hydrogens is 172 g/mol. The highest BCUT2D eigenvalue weighted by Crippen LogP contribution is 2.33. The first-order valence-electron chi connectivity index (χ1n) is 6.02. The number of likely N-dealkylation sites (N-methyl/N-ethyl adjacent to an activating group) is 1. The Kier molecular flexibility index (Phi) is 4.39. The molecule has 0 radical (unpaired) electrons. The van der Waals surface area contributed by atoms with E-state index in [2.05, 4.69) is 25.8 Å². The van der Waals surface area contributed by atoms with E-state index in [1.807, 2.05) is 0 Å². The summed E-state index contributed by atoms with van der Waals surface area (Å²) in [6, 6.07) is 0. The Morgan fingerprint density at radius 3 is 2.29 bits per heavy atom. The molecule has 2 N–H and O–H groups in total. The Bertz CT molecular complexity index is 160. The van der Waals surface area contributed by atoms with Crippen molar-refractivity contribution in [3.63, 3.8) is 0 Å². The van der Waals surface area contributed by atoms with Crippen molar-refractivity contribution in [2.75, 3.05) is 20.1 Å². The molecule has 14 heavy (non-hydrogen) atoms. The van der Waals surface area contributed by atoms with Gasteiger partial charge in [0, 0.05) is 12.1 Å². The zero-order valence-corrected chi connectivity index (χ0v) is 10.1. The molecule has 1 aliphatic carbocycles. The molecule has 0 aromatic heterocycles. The quantitative estimate of drug-likeness (QED) is 0.734. The average Bonchev–Trinajstić information content (AvgIpc) is 2.63. The second-order valence-electron chi connectivity index (χ2n) is 5.24. The summed E-state index contributed by atoms with van der Waals surface area (Å²) < 4.78 is 0. The van der Waals surface area contributed by atoms with Crippen LogP contribution in [0, 0.1) is 5.92 Å². The minimum absolute atomic E-state index is 0.342. The fourth-order valence-electron chi connectivity index (χ4n) is 2.46. The highest BCUT2D eigenvalue weighted by atomic mass is 15.2. The van der Waals surface area contributed by atoms with Gasteiger partial charge in [0.2, 0.25) is 0 Å². The van der Waals surface area contributed by atoms with Crippen LogP contribution in [-0.4, -0.2) is 30.6 Å². The van der Waals surface area contributed by atoms with Gasteiger partial charge in [0.25, 0.3) is 0 Å². The second kappa shape index (κ2) is 5.13. The molecule has 0 aliphatic heterocycles. The minimum Gasteiger partial charge on any atom is -0.329 e. The number of hydrogen-bond acceptors (Lipinski definition) is 2. The van der Waals surface area contributed by atoms with Crippen molar-refractivity contribution in [1.82, 2.24) is 4.90 Å². The van der Waals surface area contributed by atoms with Crippen molar-refractivity contribution in [2.45, 2.75) is 51.5 Å². The minimum atomic E-state index is 0.342. The van der Waals surface area contributed by atoms with Crippen molar-refractivity contribution in [3.8, 4) is 0 Å². The van der Waals surface area contributed by atoms with Gasteiger partial charge in [-0.25, -0.2) is 0 Å². The number of hydrogen-bond donors (Lipinski definition) is 1. The van der Waals surface area contributed by atoms with Gasteiger partial charge in [-0.05, 0) is 38.8 Å². The first-order chi connectivity index (χ1) is 6.60. The van der Waals surface area contributed by atoms with E-state index in [4.69, 9.17) is 5.73 Å². The topological polar surface area (TPSA) is 29.3 Å². The number of nitrogens with two attached hydrogens (primary N) is 1. The first-order valence-corrected chi connectivity index (χ1v) is 6.02. The van der Waals surface area contributed by atoms with E-state index in [0.717, 1.165) is 12.5 Å². The summed E-state index contributed by atoms with van der Waals surface area (Å²) >= 11 is 0. The summed E-state index contributed by atoms with van der Waals surface area (Å²) in [5, 5.41) is 0. The molecule has 1 fully saturated rings. The largest absolute Gasteiger partial charge is 0.329 e. The Morgan fingerprint density at radius 2 is 1.86 bits per heavy atom. The molecule has 2 nitrogen and oxygen atoms in total. The van der Waals surface area contributed by atoms with Crippen LogP contribution >= 0.6 is 0 Å². The molecule has 1 aliphatic rings. The smallest absolute Gasteiger partial charge is 0.0328 e. The van der Waals surface area contributed by atoms with Crippen molar-refractivity contribution in [2.24, 2.45) is 11.7 Å². The molecule has 0 heterocycles. The first kappa shape index (κ1) is 12.0. The van der Waals surface area contributed by atoms with Gasteiger partial charge in [-0.1, -0.05) is 26.7 Å². The molecule has 0 bridgehead atoms. The Morgan fingerprint density at radius 1 is 1.29 bits per heavy atom. The van der Waals surface area contributed by atoms with Crippen LogP contribution in [0.25, 0.3) is 0 Å². The molecule has 0 atom stereocenters. The second-order valence-corrected chi connectivity index (χ2v) is 5.24. The van der Waals surface area contributed by atoms with Crippen molar-refractivity contribution in [3.05, 3.63) is 0 Å². The normalized spacial score (nSPS) is 21.0. The molecular formula is C12H26N2. The predicted octanol–water partition coefficient (Wildman–Crippen LogP) is 2.24. The summed E-state index contributed by atoms with van der Waals surface area (Å²) in [5.74, 6) is 0.800. The van der Waals surface area contributed by atoms with Crippen LogP contribution < -0.4 is 5.73 Å². The van der Waals surface area contributed by atoms with Crippen LogP contribution in [0.4, 0.5) is 0 Å². The SMILES string of the molecule is CC(C)CCN(C)C1(CN)CCCC1. The number of rotatable bonds is 5. The van der Waals surface area contributed by atoms with Gasteiger partial charge in [0.05, 0.1) is 0 Å². The van der Waals surface area contributed by atoms with Crippen LogP contribution in [0.5, 0.6) is 0 Å². The van der Waals surface area contributed by atoms with Gasteiger partial charge in [0.1, 0.15) is 0 Å². The maximum Gasteiger partial charge on any atom is 0.0328 e. The fraction of sp³-hybridized carbons (Fsp3) is 1.00. The molecule has 0 aromatic rings. The van der Waals surface area contributed by atoms with E-state index in [9.17, 15) is 0 Å². The van der Waals surface area contributed by atoms with E-state index >= 15 is 0 Å². The molecule has 1 rings (SSSR count). The van der Waals surface area contributed by atoms with Gasteiger partial charge in [0.15, 0.2) is 0 Å². The fourth-order valence-corrected chi connectivity index (χ4v) is 2.46. The van der Waals surface area contributed by atoms with Gasteiger partial charge >= 0.3 is 0 Å². The zero-order chi connectivity index (χ0) is 10.6. The third-order valence-electron chi connectivity index (χ3n) is 3.77. The molecule has 1 saturated carbocycles. The van der Waals surface area contributed by atoms with Gasteiger partial charge < -0.3 is 5.73 Å². The van der Waals surface area contributed by atoms with E-state index in [1.165, 1.54) is 38.6 Å². The van der Waals surface area contributed by atoms with Crippen molar-refractivity contribution >= 4 is 0 Å². The summed E-state index contributed by atoms with van der Waals surface area (Å²) in [6.45, 7) is 6.62. The standard InChI is InChI=1S/C12H26N2/c1-11(2)6-9-14(3)12(10-13)7-4-5-8-12/h11H,4-10,13H2,1-3H3. The van der Waals surface area contributed by atoms with Crippen LogP contribution in [0.2, 0.25) is 0 Å². The third-order valence-corrected chi connectivity index (χ3v) is 3.77. The van der Waals surface area contributed by atoms with E-state index < -0.39 is 0 Å². The maximum atomic E-state index is 5.93. The lowest BCUT2D eigenvalue weighted by Gasteiger charge is -2.38. The van der Waals surface area contributed by atoms with Gasteiger partial charge in [-0.3, -0.25) is 4.90 Å². The third kappa shape index (κ3) is 2.71. The summed E-state index contributed by atoms with van der Waals surface area (Å²) in [5.41, 5.74) is 6.28. The number of nitrogens with zero attached hydrogens (tertiary/aromatic N) is 1. The predicted molar refractivity (Wildman–Crippen MR) is 62.3 cm³/mol. The van der Waals surface area contributed by atoms with Crippen molar-refractivity contribution in [1.29, 1.82) is 0 Å². The molecule has 0 amide bonds. The lowest BCUT2D eigenvalue weighted by atomic mass is 9.95. The van der Waals surface area contributed by atoms with E-state index in [1.54, 1.807) is 0 Å². The monoisotopic (exact) mass is 198 g/mol. The molecule has 0 spiro atoms. The van der Waals surface area contributed by atoms with Gasteiger partial charge in [-0.2, -0.15) is 0 Å². The Labute approximate surface area is 88.8 Å². The highest BCUT2D eigenvalue weighted by molar-refractivity contribution is 4.94. The van der Waals surface area contributed by atoms with E-state index in [-0.39, 0.29) is 0 Å². The average molecular weight is 198 g/mol. The summed E-state index contributed by atoms with van der Waals surface area (Å²) in [4.78, 5) is 2.51. The summed E-state index contributed by atoms with van der Waals surface area (Å²) in [7, 11) is 2.25. The lowest BCUT2D eigenvalue weighted by Crippen LogP contribution is -2.50. The van der Waals surface area contributed by atoms with Crippen LogP contribution in [-0.2, 0) is 0 Å².